The van der Waals surface area contributed by atoms with Gasteiger partial charge in [0.25, 0.3) is 0 Å². The monoisotopic (exact) mass is 264 g/mol. The predicted octanol–water partition coefficient (Wildman–Crippen LogP) is 1.55. The molecule has 0 aliphatic rings. The maximum Gasteiger partial charge on any atom is 0.397 e. The van der Waals surface area contributed by atoms with E-state index in [1.165, 1.54) is 35.3 Å². The van der Waals surface area contributed by atoms with E-state index in [0.29, 0.717) is 0 Å². The van der Waals surface area contributed by atoms with Gasteiger partial charge in [0.15, 0.2) is 0 Å². The highest BCUT2D eigenvalue weighted by atomic mass is 32.3. The molecular weight excluding hydrogens is 252 g/mol. The number of hydrogen-bond donors (Lipinski definition) is 1. The molecule has 0 saturated carbocycles. The van der Waals surface area contributed by atoms with Crippen molar-refractivity contribution in [1.29, 1.82) is 0 Å². The van der Waals surface area contributed by atoms with Crippen LogP contribution in [0.2, 0.25) is 0 Å². The van der Waals surface area contributed by atoms with Crippen LogP contribution in [0.25, 0.3) is 0 Å². The van der Waals surface area contributed by atoms with Crippen molar-refractivity contribution in [3.05, 3.63) is 0 Å². The molecule has 0 bridgehead atoms. The average Bonchev–Trinajstić information content (AvgIpc) is 2.06. The summed E-state index contributed by atoms with van der Waals surface area (Å²) in [4.78, 5) is 0. The Labute approximate surface area is 91.5 Å². The molecule has 0 saturated heterocycles. The predicted molar refractivity (Wildman–Crippen MR) is 60.8 cm³/mol. The van der Waals surface area contributed by atoms with Crippen LogP contribution >= 0.6 is 35.3 Å². The lowest BCUT2D eigenvalue weighted by Crippen LogP contribution is -2.24. The van der Waals surface area contributed by atoms with E-state index in [1.54, 1.807) is 0 Å². The van der Waals surface area contributed by atoms with E-state index in [2.05, 4.69) is 4.18 Å². The summed E-state index contributed by atoms with van der Waals surface area (Å²) in [6.07, 6.45) is 5.58. The van der Waals surface area contributed by atoms with E-state index in [1.807, 2.05) is 18.8 Å². The molecule has 13 heavy (non-hydrogen) atoms. The van der Waals surface area contributed by atoms with Crippen molar-refractivity contribution < 1.29 is 17.2 Å². The fourth-order valence-electron chi connectivity index (χ4n) is 0.573. The first-order chi connectivity index (χ1) is 5.89. The third kappa shape index (κ3) is 5.38. The van der Waals surface area contributed by atoms with Gasteiger partial charge in [-0.1, -0.05) is 0 Å². The zero-order chi connectivity index (χ0) is 10.5. The summed E-state index contributed by atoms with van der Waals surface area (Å²) in [6, 6.07) is 0. The van der Waals surface area contributed by atoms with Crippen molar-refractivity contribution >= 4 is 45.7 Å². The maximum atomic E-state index is 10.3. The summed E-state index contributed by atoms with van der Waals surface area (Å²) >= 11 is 4.45. The molecule has 1 N–H and O–H groups in total. The van der Waals surface area contributed by atoms with Crippen molar-refractivity contribution in [3.63, 3.8) is 0 Å². The fraction of sp³-hybridized carbons (Fsp3) is 1.00. The van der Waals surface area contributed by atoms with Gasteiger partial charge >= 0.3 is 10.4 Å². The lowest BCUT2D eigenvalue weighted by Gasteiger charge is -2.26. The largest absolute Gasteiger partial charge is 0.397 e. The van der Waals surface area contributed by atoms with Gasteiger partial charge < -0.3 is 0 Å². The smallest absolute Gasteiger partial charge is 0.264 e. The molecule has 8 heteroatoms. The van der Waals surface area contributed by atoms with E-state index in [0.717, 1.165) is 0 Å². The van der Waals surface area contributed by atoms with Crippen LogP contribution in [0.4, 0.5) is 0 Å². The summed E-state index contributed by atoms with van der Waals surface area (Å²) in [5, 5.41) is 0. The van der Waals surface area contributed by atoms with Gasteiger partial charge in [-0.15, -0.1) is 35.3 Å². The Hall–Kier alpha value is 0.920. The molecule has 0 amide bonds. The van der Waals surface area contributed by atoms with Crippen LogP contribution in [0.15, 0.2) is 0 Å². The standard InChI is InChI=1S/C5H12O4S4/c1-10-5(11-2,12-3)4-9-13(6,7)8/h4H2,1-3H3,(H,6,7,8). The highest BCUT2D eigenvalue weighted by Gasteiger charge is 2.29. The first kappa shape index (κ1) is 13.9. The molecule has 80 valence electrons. The van der Waals surface area contributed by atoms with Gasteiger partial charge in [-0.05, 0) is 18.8 Å². The number of rotatable bonds is 6. The van der Waals surface area contributed by atoms with Crippen LogP contribution in [0.3, 0.4) is 0 Å². The van der Waals surface area contributed by atoms with Crippen LogP contribution < -0.4 is 0 Å². The Morgan fingerprint density at radius 2 is 1.62 bits per heavy atom. The molecular formula is C5H12O4S4. The summed E-state index contributed by atoms with van der Waals surface area (Å²) in [5.74, 6) is 0. The third-order valence-corrected chi connectivity index (χ3v) is 6.95. The summed E-state index contributed by atoms with van der Waals surface area (Å²) in [5.41, 5.74) is 0. The van der Waals surface area contributed by atoms with Crippen LogP contribution in [-0.2, 0) is 14.6 Å². The minimum absolute atomic E-state index is 0.0463. The molecule has 0 spiro atoms. The molecule has 0 atom stereocenters. The first-order valence-corrected chi connectivity index (χ1v) is 8.20. The van der Waals surface area contributed by atoms with Gasteiger partial charge in [0.05, 0.1) is 0 Å². The minimum atomic E-state index is -4.33. The summed E-state index contributed by atoms with van der Waals surface area (Å²) in [7, 11) is -4.33. The molecule has 0 unspecified atom stereocenters. The molecule has 0 fully saturated rings. The Morgan fingerprint density at radius 3 is 1.85 bits per heavy atom. The van der Waals surface area contributed by atoms with Crippen molar-refractivity contribution in [2.24, 2.45) is 0 Å². The normalized spacial score (nSPS) is 13.2. The van der Waals surface area contributed by atoms with Crippen molar-refractivity contribution in [1.82, 2.24) is 0 Å². The second-order valence-corrected chi connectivity index (χ2v) is 7.17. The third-order valence-electron chi connectivity index (χ3n) is 1.32. The second kappa shape index (κ2) is 5.72. The highest BCUT2D eigenvalue weighted by molar-refractivity contribution is 8.33. The van der Waals surface area contributed by atoms with Crippen LogP contribution in [-0.4, -0.2) is 41.8 Å². The van der Waals surface area contributed by atoms with Crippen LogP contribution in [0.1, 0.15) is 0 Å². The van der Waals surface area contributed by atoms with Crippen molar-refractivity contribution in [2.75, 3.05) is 25.4 Å². The lowest BCUT2D eigenvalue weighted by molar-refractivity contribution is 0.277. The second-order valence-electron chi connectivity index (χ2n) is 1.99. The summed E-state index contributed by atoms with van der Waals surface area (Å²) < 4.78 is 33.0. The van der Waals surface area contributed by atoms with Gasteiger partial charge in [-0.25, -0.2) is 4.18 Å². The van der Waals surface area contributed by atoms with Gasteiger partial charge in [-0.3, -0.25) is 4.55 Å². The molecule has 0 aromatic rings. The zero-order valence-corrected chi connectivity index (χ0v) is 10.8. The van der Waals surface area contributed by atoms with Gasteiger partial charge in [0, 0.05) is 0 Å². The first-order valence-electron chi connectivity index (χ1n) is 3.16. The maximum absolute atomic E-state index is 10.3. The van der Waals surface area contributed by atoms with Gasteiger partial charge in [0.2, 0.25) is 0 Å². The SMILES string of the molecule is CSC(COS(=O)(=O)O)(SC)SC. The quantitative estimate of drug-likeness (QED) is 0.577. The van der Waals surface area contributed by atoms with E-state index < -0.39 is 10.4 Å². The van der Waals surface area contributed by atoms with E-state index in [9.17, 15) is 8.42 Å². The van der Waals surface area contributed by atoms with Crippen molar-refractivity contribution in [2.45, 2.75) is 3.41 Å². The molecule has 0 aliphatic heterocycles. The molecule has 0 radical (unpaired) electrons. The molecule has 0 rings (SSSR count). The Balaban J connectivity index is 4.27. The Morgan fingerprint density at radius 1 is 1.23 bits per heavy atom. The Bertz CT molecular complexity index is 225. The Kier molecular flexibility index (Phi) is 6.12. The van der Waals surface area contributed by atoms with E-state index >= 15 is 0 Å². The van der Waals surface area contributed by atoms with Crippen LogP contribution in [0.5, 0.6) is 0 Å². The fourth-order valence-corrected chi connectivity index (χ4v) is 3.65. The zero-order valence-electron chi connectivity index (χ0n) is 7.51. The molecule has 4 nitrogen and oxygen atoms in total. The minimum Gasteiger partial charge on any atom is -0.264 e. The molecule has 0 heterocycles. The lowest BCUT2D eigenvalue weighted by atomic mass is 10.8. The topological polar surface area (TPSA) is 63.6 Å². The highest BCUT2D eigenvalue weighted by Crippen LogP contribution is 2.43. The average molecular weight is 264 g/mol. The molecule has 0 aromatic heterocycles. The van der Waals surface area contributed by atoms with Crippen molar-refractivity contribution in [3.8, 4) is 0 Å². The molecule has 0 aromatic carbocycles. The van der Waals surface area contributed by atoms with E-state index in [4.69, 9.17) is 4.55 Å². The number of thioether (sulfide) groups is 3. The summed E-state index contributed by atoms with van der Waals surface area (Å²) in [6.45, 7) is -0.0463. The number of hydrogen-bond acceptors (Lipinski definition) is 6. The molecule has 0 aliphatic carbocycles. The van der Waals surface area contributed by atoms with Gasteiger partial charge in [0.1, 0.15) is 10.0 Å². The van der Waals surface area contributed by atoms with Crippen LogP contribution in [0, 0.1) is 0 Å². The van der Waals surface area contributed by atoms with Gasteiger partial charge in [-0.2, -0.15) is 8.42 Å². The van der Waals surface area contributed by atoms with E-state index in [-0.39, 0.29) is 10.0 Å².